The van der Waals surface area contributed by atoms with Crippen LogP contribution in [0.2, 0.25) is 0 Å². The van der Waals surface area contributed by atoms with Crippen LogP contribution in [0.4, 0.5) is 0 Å². The number of fused-ring (bicyclic) bond motifs is 1. The zero-order chi connectivity index (χ0) is 20.8. The Morgan fingerprint density at radius 1 is 1.07 bits per heavy atom. The first-order chi connectivity index (χ1) is 14.1. The first-order valence-corrected chi connectivity index (χ1v) is 9.51. The van der Waals surface area contributed by atoms with E-state index in [-0.39, 0.29) is 13.4 Å². The molecule has 1 heterocycles. The summed E-state index contributed by atoms with van der Waals surface area (Å²) in [6.45, 7) is 4.13. The molecular weight excluding hydrogens is 376 g/mol. The van der Waals surface area contributed by atoms with Crippen LogP contribution in [0.15, 0.2) is 36.4 Å². The molecule has 7 heteroatoms. The molecule has 7 nitrogen and oxygen atoms in total. The predicted octanol–water partition coefficient (Wildman–Crippen LogP) is 3.84. The average molecular weight is 400 g/mol. The number of carbonyl (C=O) groups excluding carboxylic acids is 2. The van der Waals surface area contributed by atoms with Crippen LogP contribution in [-0.2, 0) is 20.7 Å². The third-order valence-electron chi connectivity index (χ3n) is 4.45. The maximum atomic E-state index is 12.6. The lowest BCUT2D eigenvalue weighted by Crippen LogP contribution is -2.22. The molecule has 0 fully saturated rings. The molecule has 0 aromatic heterocycles. The van der Waals surface area contributed by atoms with E-state index < -0.39 is 18.0 Å². The van der Waals surface area contributed by atoms with Gasteiger partial charge in [0.2, 0.25) is 12.9 Å². The first kappa shape index (κ1) is 20.5. The number of hydrogen-bond acceptors (Lipinski definition) is 7. The normalized spacial score (nSPS) is 12.9. The summed E-state index contributed by atoms with van der Waals surface area (Å²) in [6, 6.07) is 10.2. The highest BCUT2D eigenvalue weighted by atomic mass is 16.7. The number of methoxy groups -OCH3 is 1. The van der Waals surface area contributed by atoms with Gasteiger partial charge in [0.15, 0.2) is 11.5 Å². The summed E-state index contributed by atoms with van der Waals surface area (Å²) in [5, 5.41) is 0. The molecule has 0 saturated heterocycles. The standard InChI is InChI=1S/C22H24O7/c1-4-6-14-11-16(21(23)25-3)8-9-17(14)29-20(22(24)26-5-2)15-7-10-18-19(12-15)28-13-27-18/h7-12,20H,4-6,13H2,1-3H3. The van der Waals surface area contributed by atoms with E-state index in [1.807, 2.05) is 6.92 Å². The summed E-state index contributed by atoms with van der Waals surface area (Å²) in [5.41, 5.74) is 1.83. The third-order valence-corrected chi connectivity index (χ3v) is 4.45. The maximum Gasteiger partial charge on any atom is 0.352 e. The van der Waals surface area contributed by atoms with Crippen molar-refractivity contribution in [3.63, 3.8) is 0 Å². The number of carbonyl (C=O) groups is 2. The van der Waals surface area contributed by atoms with Crippen molar-refractivity contribution in [2.24, 2.45) is 0 Å². The Morgan fingerprint density at radius 2 is 1.86 bits per heavy atom. The van der Waals surface area contributed by atoms with E-state index >= 15 is 0 Å². The van der Waals surface area contributed by atoms with Crippen molar-refractivity contribution in [3.8, 4) is 17.2 Å². The van der Waals surface area contributed by atoms with E-state index in [1.165, 1.54) is 7.11 Å². The molecule has 154 valence electrons. The molecule has 1 atom stereocenters. The number of aryl methyl sites for hydroxylation is 1. The average Bonchev–Trinajstić information content (AvgIpc) is 3.20. The van der Waals surface area contributed by atoms with Crippen LogP contribution in [0.1, 0.15) is 47.9 Å². The summed E-state index contributed by atoms with van der Waals surface area (Å²) in [4.78, 5) is 24.5. The zero-order valence-electron chi connectivity index (χ0n) is 16.7. The molecule has 0 radical (unpaired) electrons. The monoisotopic (exact) mass is 400 g/mol. The second kappa shape index (κ2) is 9.32. The Labute approximate surface area is 169 Å². The molecule has 0 saturated carbocycles. The van der Waals surface area contributed by atoms with Crippen molar-refractivity contribution in [1.29, 1.82) is 0 Å². The Hall–Kier alpha value is -3.22. The molecule has 2 aromatic carbocycles. The van der Waals surface area contributed by atoms with Crippen LogP contribution in [-0.4, -0.2) is 32.4 Å². The molecule has 0 N–H and O–H groups in total. The lowest BCUT2D eigenvalue weighted by molar-refractivity contribution is -0.151. The number of hydrogen-bond donors (Lipinski definition) is 0. The lowest BCUT2D eigenvalue weighted by atomic mass is 10.0. The van der Waals surface area contributed by atoms with E-state index in [0.717, 1.165) is 12.0 Å². The molecule has 1 unspecified atom stereocenters. The Kier molecular flexibility index (Phi) is 6.59. The van der Waals surface area contributed by atoms with E-state index in [4.69, 9.17) is 23.7 Å². The highest BCUT2D eigenvalue weighted by molar-refractivity contribution is 5.89. The van der Waals surface area contributed by atoms with Gasteiger partial charge in [-0.15, -0.1) is 0 Å². The lowest BCUT2D eigenvalue weighted by Gasteiger charge is -2.20. The fraction of sp³-hybridized carbons (Fsp3) is 0.364. The largest absolute Gasteiger partial charge is 0.474 e. The van der Waals surface area contributed by atoms with Crippen LogP contribution in [0, 0.1) is 0 Å². The van der Waals surface area contributed by atoms with Gasteiger partial charge in [-0.25, -0.2) is 9.59 Å². The second-order valence-corrected chi connectivity index (χ2v) is 6.43. The molecule has 0 amide bonds. The van der Waals surface area contributed by atoms with Gasteiger partial charge in [0, 0.05) is 5.56 Å². The molecule has 2 aromatic rings. The fourth-order valence-electron chi connectivity index (χ4n) is 3.08. The first-order valence-electron chi connectivity index (χ1n) is 9.51. The van der Waals surface area contributed by atoms with Crippen LogP contribution in [0.5, 0.6) is 17.2 Å². The van der Waals surface area contributed by atoms with Crippen molar-refractivity contribution < 1.29 is 33.3 Å². The number of esters is 2. The second-order valence-electron chi connectivity index (χ2n) is 6.43. The SMILES string of the molecule is CCCc1cc(C(=O)OC)ccc1OC(C(=O)OCC)c1ccc2c(c1)OCO2. The molecule has 1 aliphatic rings. The van der Waals surface area contributed by atoms with Gasteiger partial charge >= 0.3 is 11.9 Å². The number of ether oxygens (including phenoxy) is 5. The zero-order valence-corrected chi connectivity index (χ0v) is 16.7. The van der Waals surface area contributed by atoms with Gasteiger partial charge in [-0.3, -0.25) is 0 Å². The van der Waals surface area contributed by atoms with Crippen LogP contribution < -0.4 is 14.2 Å². The Bertz CT molecular complexity index is 891. The van der Waals surface area contributed by atoms with E-state index in [0.29, 0.717) is 34.8 Å². The van der Waals surface area contributed by atoms with Gasteiger partial charge < -0.3 is 23.7 Å². The smallest absolute Gasteiger partial charge is 0.352 e. The molecule has 29 heavy (non-hydrogen) atoms. The van der Waals surface area contributed by atoms with E-state index in [2.05, 4.69) is 0 Å². The van der Waals surface area contributed by atoms with Crippen LogP contribution in [0.25, 0.3) is 0 Å². The quantitative estimate of drug-likeness (QED) is 0.623. The molecule has 0 aliphatic carbocycles. The highest BCUT2D eigenvalue weighted by Gasteiger charge is 2.28. The minimum Gasteiger partial charge on any atom is -0.474 e. The molecule has 0 bridgehead atoms. The Morgan fingerprint density at radius 3 is 2.59 bits per heavy atom. The minimum atomic E-state index is -0.982. The molecule has 1 aliphatic heterocycles. The van der Waals surface area contributed by atoms with Crippen molar-refractivity contribution >= 4 is 11.9 Å². The van der Waals surface area contributed by atoms with Gasteiger partial charge in [0.05, 0.1) is 19.3 Å². The molecular formula is C22H24O7. The fourth-order valence-corrected chi connectivity index (χ4v) is 3.08. The van der Waals surface area contributed by atoms with Gasteiger partial charge in [-0.05, 0) is 49.2 Å². The third kappa shape index (κ3) is 4.62. The molecule has 0 spiro atoms. The maximum absolute atomic E-state index is 12.6. The van der Waals surface area contributed by atoms with Crippen molar-refractivity contribution in [2.75, 3.05) is 20.5 Å². The highest BCUT2D eigenvalue weighted by Crippen LogP contribution is 2.36. The van der Waals surface area contributed by atoms with E-state index in [9.17, 15) is 9.59 Å². The number of benzene rings is 2. The van der Waals surface area contributed by atoms with Gasteiger partial charge in [-0.1, -0.05) is 19.4 Å². The topological polar surface area (TPSA) is 80.3 Å². The molecule has 3 rings (SSSR count). The van der Waals surface area contributed by atoms with Crippen LogP contribution >= 0.6 is 0 Å². The Balaban J connectivity index is 1.95. The minimum absolute atomic E-state index is 0.138. The van der Waals surface area contributed by atoms with Crippen LogP contribution in [0.3, 0.4) is 0 Å². The summed E-state index contributed by atoms with van der Waals surface area (Å²) < 4.78 is 26.9. The van der Waals surface area contributed by atoms with Crippen molar-refractivity contribution in [3.05, 3.63) is 53.1 Å². The summed E-state index contributed by atoms with van der Waals surface area (Å²) >= 11 is 0. The van der Waals surface area contributed by atoms with Crippen molar-refractivity contribution in [2.45, 2.75) is 32.8 Å². The van der Waals surface area contributed by atoms with E-state index in [1.54, 1.807) is 43.3 Å². The van der Waals surface area contributed by atoms with Gasteiger partial charge in [0.25, 0.3) is 0 Å². The summed E-state index contributed by atoms with van der Waals surface area (Å²) in [7, 11) is 1.34. The predicted molar refractivity (Wildman–Crippen MR) is 104 cm³/mol. The van der Waals surface area contributed by atoms with Crippen molar-refractivity contribution in [1.82, 2.24) is 0 Å². The summed E-state index contributed by atoms with van der Waals surface area (Å²) in [6.07, 6.45) is 0.537. The summed E-state index contributed by atoms with van der Waals surface area (Å²) in [5.74, 6) is 0.744. The van der Waals surface area contributed by atoms with Gasteiger partial charge in [-0.2, -0.15) is 0 Å². The van der Waals surface area contributed by atoms with Gasteiger partial charge in [0.1, 0.15) is 5.75 Å². The number of rotatable bonds is 8.